The van der Waals surface area contributed by atoms with Crippen molar-refractivity contribution in [3.63, 3.8) is 0 Å². The van der Waals surface area contributed by atoms with Crippen LogP contribution in [0.2, 0.25) is 5.02 Å². The highest BCUT2D eigenvalue weighted by Gasteiger charge is 2.04. The number of hydrogen-bond acceptors (Lipinski definition) is 3. The van der Waals surface area contributed by atoms with E-state index >= 15 is 0 Å². The summed E-state index contributed by atoms with van der Waals surface area (Å²) in [4.78, 5) is 4.17. The molecule has 1 rings (SSSR count). The largest absolute Gasteiger partial charge is 0.496 e. The Labute approximate surface area is 147 Å². The first-order valence-electron chi connectivity index (χ1n) is 5.97. The molecule has 0 spiro atoms. The predicted molar refractivity (Wildman–Crippen MR) is 100 cm³/mol. The number of guanidine groups is 1. The molecule has 20 heavy (non-hydrogen) atoms. The van der Waals surface area contributed by atoms with Crippen LogP contribution in [0.4, 0.5) is 0 Å². The van der Waals surface area contributed by atoms with Gasteiger partial charge in [0.2, 0.25) is 0 Å². The minimum Gasteiger partial charge on any atom is -0.496 e. The third-order valence-electron chi connectivity index (χ3n) is 2.52. The fraction of sp³-hybridized carbons (Fsp3) is 0.462. The Morgan fingerprint density at radius 1 is 1.40 bits per heavy atom. The van der Waals surface area contributed by atoms with E-state index in [0.29, 0.717) is 11.6 Å². The molecule has 0 aliphatic carbocycles. The number of methoxy groups -OCH3 is 1. The smallest absolute Gasteiger partial charge is 0.191 e. The van der Waals surface area contributed by atoms with Crippen LogP contribution in [0.5, 0.6) is 5.75 Å². The van der Waals surface area contributed by atoms with Crippen molar-refractivity contribution in [3.05, 3.63) is 28.8 Å². The van der Waals surface area contributed by atoms with E-state index in [-0.39, 0.29) is 24.0 Å². The number of nitrogens with zero attached hydrogens (tertiary/aromatic N) is 1. The molecular formula is C13H21ClIN3OS. The van der Waals surface area contributed by atoms with E-state index < -0.39 is 0 Å². The van der Waals surface area contributed by atoms with Crippen molar-refractivity contribution in [2.45, 2.75) is 6.54 Å². The number of rotatable bonds is 6. The summed E-state index contributed by atoms with van der Waals surface area (Å²) in [5.74, 6) is 2.61. The van der Waals surface area contributed by atoms with Crippen LogP contribution < -0.4 is 15.4 Å². The predicted octanol–water partition coefficient (Wildman–Crippen LogP) is 2.99. The van der Waals surface area contributed by atoms with Crippen molar-refractivity contribution >= 4 is 53.3 Å². The minimum atomic E-state index is 0. The summed E-state index contributed by atoms with van der Waals surface area (Å²) in [6, 6.07) is 5.61. The molecule has 7 heteroatoms. The molecule has 4 nitrogen and oxygen atoms in total. The molecule has 0 fully saturated rings. The number of halogens is 2. The number of benzene rings is 1. The van der Waals surface area contributed by atoms with Gasteiger partial charge in [0.1, 0.15) is 5.75 Å². The normalized spacial score (nSPS) is 10.7. The monoisotopic (exact) mass is 429 g/mol. The molecule has 1 aromatic rings. The summed E-state index contributed by atoms with van der Waals surface area (Å²) in [7, 11) is 3.40. The molecule has 0 amide bonds. The highest BCUT2D eigenvalue weighted by molar-refractivity contribution is 14.0. The Balaban J connectivity index is 0.00000361. The SMILES string of the molecule is CN=C(NCCSC)NCc1ccc(Cl)cc1OC.I. The number of nitrogens with one attached hydrogen (secondary N) is 2. The molecule has 0 unspecified atom stereocenters. The van der Waals surface area contributed by atoms with E-state index in [1.807, 2.05) is 18.2 Å². The lowest BCUT2D eigenvalue weighted by Crippen LogP contribution is -2.38. The van der Waals surface area contributed by atoms with E-state index in [9.17, 15) is 0 Å². The lowest BCUT2D eigenvalue weighted by atomic mass is 10.2. The fourth-order valence-electron chi connectivity index (χ4n) is 1.54. The van der Waals surface area contributed by atoms with Crippen LogP contribution in [0.3, 0.4) is 0 Å². The molecule has 0 heterocycles. The summed E-state index contributed by atoms with van der Waals surface area (Å²) < 4.78 is 5.30. The third-order valence-corrected chi connectivity index (χ3v) is 3.37. The topological polar surface area (TPSA) is 45.7 Å². The summed E-state index contributed by atoms with van der Waals surface area (Å²) >= 11 is 7.73. The number of ether oxygens (including phenoxy) is 1. The van der Waals surface area contributed by atoms with Gasteiger partial charge in [-0.05, 0) is 18.4 Å². The third kappa shape index (κ3) is 6.90. The first kappa shape index (κ1) is 19.7. The zero-order valence-corrected chi connectivity index (χ0v) is 15.8. The zero-order valence-electron chi connectivity index (χ0n) is 11.9. The maximum Gasteiger partial charge on any atom is 0.191 e. The molecule has 114 valence electrons. The van der Waals surface area contributed by atoms with E-state index in [0.717, 1.165) is 29.6 Å². The van der Waals surface area contributed by atoms with Gasteiger partial charge in [-0.3, -0.25) is 4.99 Å². The Morgan fingerprint density at radius 2 is 2.15 bits per heavy atom. The van der Waals surface area contributed by atoms with Gasteiger partial charge in [0.25, 0.3) is 0 Å². The minimum absolute atomic E-state index is 0. The molecular weight excluding hydrogens is 409 g/mol. The molecule has 0 aromatic heterocycles. The van der Waals surface area contributed by atoms with Gasteiger partial charge < -0.3 is 15.4 Å². The molecule has 0 bridgehead atoms. The Bertz CT molecular complexity index is 432. The molecule has 0 radical (unpaired) electrons. The second-order valence-electron chi connectivity index (χ2n) is 3.80. The quantitative estimate of drug-likeness (QED) is 0.316. The Morgan fingerprint density at radius 3 is 2.75 bits per heavy atom. The molecule has 0 aliphatic heterocycles. The average Bonchev–Trinajstić information content (AvgIpc) is 2.43. The van der Waals surface area contributed by atoms with Crippen LogP contribution >= 0.6 is 47.3 Å². The van der Waals surface area contributed by atoms with Crippen LogP contribution in [0.1, 0.15) is 5.56 Å². The second kappa shape index (κ2) is 11.3. The lowest BCUT2D eigenvalue weighted by molar-refractivity contribution is 0.409. The van der Waals surface area contributed by atoms with Gasteiger partial charge in [-0.15, -0.1) is 24.0 Å². The van der Waals surface area contributed by atoms with Crippen molar-refractivity contribution in [3.8, 4) is 5.75 Å². The van der Waals surface area contributed by atoms with E-state index in [4.69, 9.17) is 16.3 Å². The van der Waals surface area contributed by atoms with Crippen LogP contribution in [0.15, 0.2) is 23.2 Å². The summed E-state index contributed by atoms with van der Waals surface area (Å²) in [5, 5.41) is 7.16. The number of aliphatic imine (C=N–C) groups is 1. The van der Waals surface area contributed by atoms with Gasteiger partial charge in [0.15, 0.2) is 5.96 Å². The Kier molecular flexibility index (Phi) is 11.1. The summed E-state index contributed by atoms with van der Waals surface area (Å²) in [5.41, 5.74) is 1.04. The maximum atomic E-state index is 5.93. The van der Waals surface area contributed by atoms with E-state index in [1.54, 1.807) is 25.9 Å². The highest BCUT2D eigenvalue weighted by Crippen LogP contribution is 2.22. The summed E-state index contributed by atoms with van der Waals surface area (Å²) in [6.45, 7) is 1.53. The first-order chi connectivity index (χ1) is 9.21. The average molecular weight is 430 g/mol. The zero-order chi connectivity index (χ0) is 14.1. The van der Waals surface area contributed by atoms with Crippen LogP contribution in [0.25, 0.3) is 0 Å². The van der Waals surface area contributed by atoms with Crippen molar-refractivity contribution in [2.75, 3.05) is 32.7 Å². The molecule has 1 aromatic carbocycles. The van der Waals surface area contributed by atoms with Gasteiger partial charge in [-0.1, -0.05) is 17.7 Å². The fourth-order valence-corrected chi connectivity index (χ4v) is 2.00. The molecule has 0 atom stereocenters. The number of thioether (sulfide) groups is 1. The molecule has 0 saturated heterocycles. The molecule has 2 N–H and O–H groups in total. The van der Waals surface area contributed by atoms with E-state index in [2.05, 4.69) is 21.9 Å². The van der Waals surface area contributed by atoms with Crippen molar-refractivity contribution in [1.82, 2.24) is 10.6 Å². The maximum absolute atomic E-state index is 5.93. The van der Waals surface area contributed by atoms with E-state index in [1.165, 1.54) is 0 Å². The highest BCUT2D eigenvalue weighted by atomic mass is 127. The van der Waals surface area contributed by atoms with Gasteiger partial charge in [-0.2, -0.15) is 11.8 Å². The van der Waals surface area contributed by atoms with Gasteiger partial charge >= 0.3 is 0 Å². The van der Waals surface area contributed by atoms with Crippen molar-refractivity contribution in [1.29, 1.82) is 0 Å². The number of hydrogen-bond donors (Lipinski definition) is 2. The van der Waals surface area contributed by atoms with Crippen LogP contribution in [-0.2, 0) is 6.54 Å². The van der Waals surface area contributed by atoms with Crippen LogP contribution in [0, 0.1) is 0 Å². The van der Waals surface area contributed by atoms with Crippen LogP contribution in [-0.4, -0.2) is 38.7 Å². The van der Waals surface area contributed by atoms with Crippen molar-refractivity contribution in [2.24, 2.45) is 4.99 Å². The first-order valence-corrected chi connectivity index (χ1v) is 7.74. The Hall–Kier alpha value is -0.340. The molecule has 0 saturated carbocycles. The van der Waals surface area contributed by atoms with Gasteiger partial charge in [-0.25, -0.2) is 0 Å². The lowest BCUT2D eigenvalue weighted by Gasteiger charge is -2.13. The van der Waals surface area contributed by atoms with Gasteiger partial charge in [0.05, 0.1) is 7.11 Å². The van der Waals surface area contributed by atoms with Crippen molar-refractivity contribution < 1.29 is 4.74 Å². The standard InChI is InChI=1S/C13H20ClN3OS.HI/c1-15-13(16-6-7-19-3)17-9-10-4-5-11(14)8-12(10)18-2;/h4-5,8H,6-7,9H2,1-3H3,(H2,15,16,17);1H. The van der Waals surface area contributed by atoms with Gasteiger partial charge in [0, 0.05) is 36.5 Å². The molecule has 0 aliphatic rings. The summed E-state index contributed by atoms with van der Waals surface area (Å²) in [6.07, 6.45) is 2.08. The second-order valence-corrected chi connectivity index (χ2v) is 5.22.